The molecule has 3 rings (SSSR count). The second-order valence-corrected chi connectivity index (χ2v) is 5.95. The molecule has 0 bridgehead atoms. The maximum absolute atomic E-state index is 12.5. The zero-order chi connectivity index (χ0) is 18.1. The number of carbonyl (C=O) groups excluding carboxylic acids is 3. The van der Waals surface area contributed by atoms with Gasteiger partial charge in [0.1, 0.15) is 11.8 Å². The number of halogens is 1. The number of nitrogens with one attached hydrogen (secondary N) is 1. The molecule has 6 nitrogen and oxygen atoms in total. The van der Waals surface area contributed by atoms with Gasteiger partial charge in [-0.05, 0) is 37.3 Å². The minimum Gasteiger partial charge on any atom is -0.495 e. The smallest absolute Gasteiger partial charge is 0.262 e. The highest BCUT2D eigenvalue weighted by atomic mass is 35.5. The molecular weight excluding hydrogens is 344 g/mol. The number of carbonyl (C=O) groups is 3. The van der Waals surface area contributed by atoms with E-state index in [-0.39, 0.29) is 0 Å². The first-order valence-corrected chi connectivity index (χ1v) is 7.93. The highest BCUT2D eigenvalue weighted by molar-refractivity contribution is 6.32. The van der Waals surface area contributed by atoms with E-state index in [0.29, 0.717) is 27.6 Å². The molecule has 0 aliphatic carbocycles. The maximum Gasteiger partial charge on any atom is 0.262 e. The Bertz CT molecular complexity index is 846. The van der Waals surface area contributed by atoms with Gasteiger partial charge in [0.25, 0.3) is 11.8 Å². The molecule has 1 aliphatic rings. The molecule has 7 heteroatoms. The van der Waals surface area contributed by atoms with Crippen LogP contribution in [0.25, 0.3) is 0 Å². The summed E-state index contributed by atoms with van der Waals surface area (Å²) in [6, 6.07) is 10.3. The van der Waals surface area contributed by atoms with Gasteiger partial charge in [0.05, 0.1) is 23.3 Å². The Hall–Kier alpha value is -2.86. The first-order valence-electron chi connectivity index (χ1n) is 7.55. The number of fused-ring (bicyclic) bond motifs is 1. The Morgan fingerprint density at radius 3 is 2.24 bits per heavy atom. The molecule has 25 heavy (non-hydrogen) atoms. The van der Waals surface area contributed by atoms with Crippen molar-refractivity contribution >= 4 is 35.0 Å². The van der Waals surface area contributed by atoms with Crippen LogP contribution in [0.5, 0.6) is 5.75 Å². The van der Waals surface area contributed by atoms with Gasteiger partial charge in [-0.25, -0.2) is 0 Å². The molecule has 1 aliphatic heterocycles. The van der Waals surface area contributed by atoms with E-state index < -0.39 is 23.8 Å². The van der Waals surface area contributed by atoms with Gasteiger partial charge in [0, 0.05) is 5.69 Å². The molecule has 0 unspecified atom stereocenters. The third-order valence-electron chi connectivity index (χ3n) is 4.01. The van der Waals surface area contributed by atoms with E-state index in [2.05, 4.69) is 5.32 Å². The molecule has 0 radical (unpaired) electrons. The average molecular weight is 359 g/mol. The van der Waals surface area contributed by atoms with Crippen LogP contribution in [0.2, 0.25) is 5.02 Å². The largest absolute Gasteiger partial charge is 0.495 e. The Kier molecular flexibility index (Phi) is 4.46. The number of hydrogen-bond donors (Lipinski definition) is 1. The lowest BCUT2D eigenvalue weighted by atomic mass is 10.1. The molecule has 0 aromatic heterocycles. The van der Waals surface area contributed by atoms with Gasteiger partial charge in [-0.1, -0.05) is 23.7 Å². The number of methoxy groups -OCH3 is 1. The number of benzene rings is 2. The fourth-order valence-electron chi connectivity index (χ4n) is 2.67. The number of hydrogen-bond acceptors (Lipinski definition) is 4. The molecule has 1 N–H and O–H groups in total. The zero-order valence-electron chi connectivity index (χ0n) is 13.6. The predicted octanol–water partition coefficient (Wildman–Crippen LogP) is 2.97. The maximum atomic E-state index is 12.5. The standard InChI is InChI=1S/C18H15ClN2O4/c1-10(16(22)20-11-7-8-15(25-2)14(19)9-11)21-17(23)12-5-3-4-6-13(12)18(21)24/h3-10H,1-2H3,(H,20,22)/t10-/m1/s1. The minimum absolute atomic E-state index is 0.305. The summed E-state index contributed by atoms with van der Waals surface area (Å²) in [5, 5.41) is 2.99. The van der Waals surface area contributed by atoms with E-state index in [4.69, 9.17) is 16.3 Å². The topological polar surface area (TPSA) is 75.7 Å². The second kappa shape index (κ2) is 6.57. The van der Waals surface area contributed by atoms with E-state index in [9.17, 15) is 14.4 Å². The molecule has 0 spiro atoms. The van der Waals surface area contributed by atoms with Crippen molar-refractivity contribution in [1.82, 2.24) is 4.90 Å². The third-order valence-corrected chi connectivity index (χ3v) is 4.31. The number of imide groups is 1. The molecule has 128 valence electrons. The van der Waals surface area contributed by atoms with Crippen molar-refractivity contribution in [2.24, 2.45) is 0 Å². The van der Waals surface area contributed by atoms with Gasteiger partial charge in [-0.2, -0.15) is 0 Å². The van der Waals surface area contributed by atoms with Crippen LogP contribution in [0.4, 0.5) is 5.69 Å². The van der Waals surface area contributed by atoms with E-state index in [1.807, 2.05) is 0 Å². The van der Waals surface area contributed by atoms with Crippen molar-refractivity contribution in [3.05, 3.63) is 58.6 Å². The first kappa shape index (κ1) is 17.0. The third kappa shape index (κ3) is 2.96. The highest BCUT2D eigenvalue weighted by Gasteiger charge is 2.40. The number of amides is 3. The zero-order valence-corrected chi connectivity index (χ0v) is 14.3. The summed E-state index contributed by atoms with van der Waals surface area (Å²) in [6.07, 6.45) is 0. The molecular formula is C18H15ClN2O4. The summed E-state index contributed by atoms with van der Waals surface area (Å²) in [4.78, 5) is 38.3. The summed E-state index contributed by atoms with van der Waals surface area (Å²) >= 11 is 6.03. The Balaban J connectivity index is 1.79. The normalized spacial score (nSPS) is 14.3. The summed E-state index contributed by atoms with van der Waals surface area (Å²) in [6.45, 7) is 1.50. The summed E-state index contributed by atoms with van der Waals surface area (Å²) in [5.41, 5.74) is 1.05. The predicted molar refractivity (Wildman–Crippen MR) is 93.0 cm³/mol. The molecule has 0 fully saturated rings. The van der Waals surface area contributed by atoms with Gasteiger partial charge < -0.3 is 10.1 Å². The fraction of sp³-hybridized carbons (Fsp3) is 0.167. The van der Waals surface area contributed by atoms with Gasteiger partial charge in [0.15, 0.2) is 0 Å². The van der Waals surface area contributed by atoms with Crippen molar-refractivity contribution < 1.29 is 19.1 Å². The van der Waals surface area contributed by atoms with Crippen LogP contribution in [0, 0.1) is 0 Å². The van der Waals surface area contributed by atoms with Crippen molar-refractivity contribution in [2.45, 2.75) is 13.0 Å². The molecule has 1 heterocycles. The Morgan fingerprint density at radius 2 is 1.72 bits per heavy atom. The Morgan fingerprint density at radius 1 is 1.12 bits per heavy atom. The number of nitrogens with zero attached hydrogens (tertiary/aromatic N) is 1. The molecule has 1 atom stereocenters. The Labute approximate surface area is 149 Å². The number of rotatable bonds is 4. The molecule has 3 amide bonds. The van der Waals surface area contributed by atoms with Crippen molar-refractivity contribution in [2.75, 3.05) is 12.4 Å². The van der Waals surface area contributed by atoms with Crippen molar-refractivity contribution in [3.8, 4) is 5.75 Å². The van der Waals surface area contributed by atoms with Crippen LogP contribution in [-0.4, -0.2) is 35.8 Å². The van der Waals surface area contributed by atoms with E-state index in [0.717, 1.165) is 4.90 Å². The molecule has 0 saturated heterocycles. The summed E-state index contributed by atoms with van der Waals surface area (Å²) in [7, 11) is 1.49. The van der Waals surface area contributed by atoms with Gasteiger partial charge in [-0.15, -0.1) is 0 Å². The van der Waals surface area contributed by atoms with Crippen LogP contribution in [0.3, 0.4) is 0 Å². The lowest BCUT2D eigenvalue weighted by molar-refractivity contribution is -0.119. The fourth-order valence-corrected chi connectivity index (χ4v) is 2.93. The van der Waals surface area contributed by atoms with Gasteiger partial charge in [-0.3, -0.25) is 19.3 Å². The van der Waals surface area contributed by atoms with Crippen LogP contribution in [-0.2, 0) is 4.79 Å². The van der Waals surface area contributed by atoms with Crippen LogP contribution in [0.15, 0.2) is 42.5 Å². The highest BCUT2D eigenvalue weighted by Crippen LogP contribution is 2.28. The van der Waals surface area contributed by atoms with E-state index >= 15 is 0 Å². The SMILES string of the molecule is COc1ccc(NC(=O)[C@@H](C)N2C(=O)c3ccccc3C2=O)cc1Cl. The second-order valence-electron chi connectivity index (χ2n) is 5.54. The van der Waals surface area contributed by atoms with E-state index in [1.54, 1.807) is 36.4 Å². The minimum atomic E-state index is -0.965. The number of ether oxygens (including phenoxy) is 1. The first-order chi connectivity index (χ1) is 11.9. The van der Waals surface area contributed by atoms with Crippen LogP contribution in [0.1, 0.15) is 27.6 Å². The lowest BCUT2D eigenvalue weighted by Crippen LogP contribution is -2.45. The summed E-state index contributed by atoms with van der Waals surface area (Å²) in [5.74, 6) is -0.962. The summed E-state index contributed by atoms with van der Waals surface area (Å²) < 4.78 is 5.06. The van der Waals surface area contributed by atoms with Crippen LogP contribution < -0.4 is 10.1 Å². The monoisotopic (exact) mass is 358 g/mol. The quantitative estimate of drug-likeness (QED) is 0.852. The molecule has 0 saturated carbocycles. The average Bonchev–Trinajstić information content (AvgIpc) is 2.86. The van der Waals surface area contributed by atoms with Crippen molar-refractivity contribution in [1.29, 1.82) is 0 Å². The lowest BCUT2D eigenvalue weighted by Gasteiger charge is -2.21. The van der Waals surface area contributed by atoms with Crippen LogP contribution >= 0.6 is 11.6 Å². The molecule has 2 aromatic carbocycles. The molecule has 2 aromatic rings. The van der Waals surface area contributed by atoms with E-state index in [1.165, 1.54) is 20.1 Å². The number of anilines is 1. The van der Waals surface area contributed by atoms with Crippen molar-refractivity contribution in [3.63, 3.8) is 0 Å². The van der Waals surface area contributed by atoms with Gasteiger partial charge >= 0.3 is 0 Å². The van der Waals surface area contributed by atoms with Gasteiger partial charge in [0.2, 0.25) is 5.91 Å².